The molecule has 0 saturated heterocycles. The van der Waals surface area contributed by atoms with Crippen LogP contribution in [0.4, 0.5) is 5.69 Å². The van der Waals surface area contributed by atoms with E-state index < -0.39 is 6.10 Å². The van der Waals surface area contributed by atoms with Gasteiger partial charge in [-0.15, -0.1) is 0 Å². The Kier molecular flexibility index (Phi) is 5.52. The third-order valence-electron chi connectivity index (χ3n) is 3.47. The highest BCUT2D eigenvalue weighted by molar-refractivity contribution is 5.86. The van der Waals surface area contributed by atoms with Crippen molar-refractivity contribution in [3.05, 3.63) is 65.7 Å². The molecule has 0 amide bonds. The Morgan fingerprint density at radius 2 is 1.76 bits per heavy atom. The first-order chi connectivity index (χ1) is 10.2. The molecule has 0 aliphatic carbocycles. The quantitative estimate of drug-likeness (QED) is 0.630. The highest BCUT2D eigenvalue weighted by Crippen LogP contribution is 2.13. The molecule has 2 aromatic carbocycles. The zero-order valence-corrected chi connectivity index (χ0v) is 12.4. The number of hydrogen-bond donors (Lipinski definition) is 2. The summed E-state index contributed by atoms with van der Waals surface area (Å²) in [7, 11) is 0. The van der Waals surface area contributed by atoms with Crippen molar-refractivity contribution in [3.8, 4) is 0 Å². The molecule has 0 unspecified atom stereocenters. The minimum atomic E-state index is -0.542. The molecule has 2 rings (SSSR count). The highest BCUT2D eigenvalue weighted by Gasteiger charge is 2.06. The molecule has 3 N–H and O–H groups in total. The van der Waals surface area contributed by atoms with Gasteiger partial charge in [-0.25, -0.2) is 0 Å². The van der Waals surface area contributed by atoms with Crippen LogP contribution >= 0.6 is 0 Å². The van der Waals surface area contributed by atoms with E-state index in [1.165, 1.54) is 5.56 Å². The van der Waals surface area contributed by atoms with Crippen LogP contribution in [0, 0.1) is 0 Å². The molecule has 3 nitrogen and oxygen atoms in total. The number of benzene rings is 2. The van der Waals surface area contributed by atoms with Crippen LogP contribution in [0.5, 0.6) is 0 Å². The van der Waals surface area contributed by atoms with Crippen LogP contribution < -0.4 is 5.73 Å². The van der Waals surface area contributed by atoms with E-state index in [9.17, 15) is 5.11 Å². The molecule has 0 saturated carbocycles. The van der Waals surface area contributed by atoms with Crippen molar-refractivity contribution in [3.63, 3.8) is 0 Å². The highest BCUT2D eigenvalue weighted by atomic mass is 16.3. The van der Waals surface area contributed by atoms with E-state index in [-0.39, 0.29) is 0 Å². The Morgan fingerprint density at radius 3 is 2.38 bits per heavy atom. The van der Waals surface area contributed by atoms with Gasteiger partial charge in [-0.2, -0.15) is 0 Å². The maximum atomic E-state index is 10.1. The molecule has 0 bridgehead atoms. The molecular weight excluding hydrogens is 260 g/mol. The first-order valence-electron chi connectivity index (χ1n) is 7.28. The third-order valence-corrected chi connectivity index (χ3v) is 3.47. The van der Waals surface area contributed by atoms with Crippen LogP contribution in [-0.2, 0) is 6.42 Å². The van der Waals surface area contributed by atoms with Gasteiger partial charge in [0.1, 0.15) is 0 Å². The number of hydrogen-bond acceptors (Lipinski definition) is 3. The molecule has 0 aliphatic heterocycles. The van der Waals surface area contributed by atoms with E-state index in [0.717, 1.165) is 29.8 Å². The van der Waals surface area contributed by atoms with Gasteiger partial charge in [0.05, 0.1) is 12.6 Å². The minimum absolute atomic E-state index is 0.405. The number of anilines is 1. The van der Waals surface area contributed by atoms with Gasteiger partial charge in [0, 0.05) is 17.8 Å². The Labute approximate surface area is 126 Å². The van der Waals surface area contributed by atoms with Crippen LogP contribution in [0.2, 0.25) is 0 Å². The lowest BCUT2D eigenvalue weighted by atomic mass is 10.1. The van der Waals surface area contributed by atoms with Crippen LogP contribution in [0.15, 0.2) is 59.6 Å². The molecule has 0 spiro atoms. The van der Waals surface area contributed by atoms with Crippen LogP contribution in [0.3, 0.4) is 0 Å². The number of aliphatic imine (C=N–C) groups is 1. The summed E-state index contributed by atoms with van der Waals surface area (Å²) in [5.74, 6) is 0. The van der Waals surface area contributed by atoms with E-state index in [2.05, 4.69) is 11.9 Å². The number of nitrogens with zero attached hydrogens (tertiary/aromatic N) is 1. The molecule has 110 valence electrons. The lowest BCUT2D eigenvalue weighted by molar-refractivity contribution is 0.187. The van der Waals surface area contributed by atoms with E-state index in [0.29, 0.717) is 6.54 Å². The second-order valence-corrected chi connectivity index (χ2v) is 5.11. The lowest BCUT2D eigenvalue weighted by Crippen LogP contribution is -2.07. The first kappa shape index (κ1) is 15.3. The van der Waals surface area contributed by atoms with E-state index in [1.54, 1.807) is 0 Å². The fourth-order valence-electron chi connectivity index (χ4n) is 2.16. The monoisotopic (exact) mass is 282 g/mol. The average Bonchev–Trinajstić information content (AvgIpc) is 2.53. The van der Waals surface area contributed by atoms with E-state index in [4.69, 9.17) is 5.73 Å². The summed E-state index contributed by atoms with van der Waals surface area (Å²) in [4.78, 5) is 4.57. The van der Waals surface area contributed by atoms with Crippen molar-refractivity contribution in [2.75, 3.05) is 12.3 Å². The van der Waals surface area contributed by atoms with Crippen LogP contribution in [-0.4, -0.2) is 17.4 Å². The zero-order chi connectivity index (χ0) is 15.1. The van der Waals surface area contributed by atoms with Crippen molar-refractivity contribution >= 4 is 11.4 Å². The Morgan fingerprint density at radius 1 is 1.10 bits per heavy atom. The van der Waals surface area contributed by atoms with Gasteiger partial charge in [0.15, 0.2) is 0 Å². The maximum Gasteiger partial charge on any atom is 0.0985 e. The molecule has 0 aromatic heterocycles. The van der Waals surface area contributed by atoms with Crippen molar-refractivity contribution in [1.82, 2.24) is 0 Å². The number of rotatable bonds is 6. The summed E-state index contributed by atoms with van der Waals surface area (Å²) in [5.41, 5.74) is 9.65. The predicted molar refractivity (Wildman–Crippen MR) is 88.6 cm³/mol. The van der Waals surface area contributed by atoms with Crippen molar-refractivity contribution < 1.29 is 5.11 Å². The lowest BCUT2D eigenvalue weighted by Gasteiger charge is -2.10. The number of nitrogen functional groups attached to an aromatic ring is 1. The minimum Gasteiger partial charge on any atom is -0.399 e. The molecule has 0 radical (unpaired) electrons. The number of nitrogens with two attached hydrogens (primary N) is 1. The largest absolute Gasteiger partial charge is 0.399 e. The van der Waals surface area contributed by atoms with Gasteiger partial charge in [-0.05, 0) is 29.7 Å². The zero-order valence-electron chi connectivity index (χ0n) is 12.4. The standard InChI is InChI=1S/C18H22N2O/c1-2-17(12-14-8-10-16(19)11-9-14)20-13-18(21)15-6-4-3-5-7-15/h3-11,18,21H,2,12-13,19H2,1H3/b20-17+/t18-/m0/s1. The molecular formula is C18H22N2O. The Hall–Kier alpha value is -2.13. The molecule has 0 aliphatic rings. The fraction of sp³-hybridized carbons (Fsp3) is 0.278. The number of aliphatic hydroxyl groups is 1. The second kappa shape index (κ2) is 7.60. The van der Waals surface area contributed by atoms with Gasteiger partial charge >= 0.3 is 0 Å². The van der Waals surface area contributed by atoms with Gasteiger partial charge in [-0.1, -0.05) is 49.4 Å². The maximum absolute atomic E-state index is 10.1. The summed E-state index contributed by atoms with van der Waals surface area (Å²) in [6.07, 6.45) is 1.14. The van der Waals surface area contributed by atoms with Gasteiger partial charge in [-0.3, -0.25) is 4.99 Å². The summed E-state index contributed by atoms with van der Waals surface area (Å²) < 4.78 is 0. The summed E-state index contributed by atoms with van der Waals surface area (Å²) in [5, 5.41) is 10.1. The second-order valence-electron chi connectivity index (χ2n) is 5.11. The predicted octanol–water partition coefficient (Wildman–Crippen LogP) is 3.40. The Balaban J connectivity index is 1.98. The Bertz CT molecular complexity index is 576. The number of aliphatic hydroxyl groups excluding tert-OH is 1. The van der Waals surface area contributed by atoms with Gasteiger partial charge < -0.3 is 10.8 Å². The molecule has 0 fully saturated rings. The molecule has 21 heavy (non-hydrogen) atoms. The normalized spacial score (nSPS) is 13.1. The smallest absolute Gasteiger partial charge is 0.0985 e. The average molecular weight is 282 g/mol. The van der Waals surface area contributed by atoms with Crippen molar-refractivity contribution in [2.24, 2.45) is 4.99 Å². The van der Waals surface area contributed by atoms with Crippen LogP contribution in [0.1, 0.15) is 30.6 Å². The SMILES string of the molecule is CC/C(Cc1ccc(N)cc1)=N\C[C@H](O)c1ccccc1. The molecule has 2 aromatic rings. The molecule has 0 heterocycles. The third kappa shape index (κ3) is 4.72. The fourth-order valence-corrected chi connectivity index (χ4v) is 2.16. The summed E-state index contributed by atoms with van der Waals surface area (Å²) >= 11 is 0. The first-order valence-corrected chi connectivity index (χ1v) is 7.28. The van der Waals surface area contributed by atoms with Crippen molar-refractivity contribution in [1.29, 1.82) is 0 Å². The summed E-state index contributed by atoms with van der Waals surface area (Å²) in [6, 6.07) is 17.5. The molecule has 1 atom stereocenters. The van der Waals surface area contributed by atoms with Crippen LogP contribution in [0.25, 0.3) is 0 Å². The van der Waals surface area contributed by atoms with Crippen molar-refractivity contribution in [2.45, 2.75) is 25.9 Å². The molecule has 3 heteroatoms. The van der Waals surface area contributed by atoms with E-state index >= 15 is 0 Å². The van der Waals surface area contributed by atoms with E-state index in [1.807, 2.05) is 54.6 Å². The topological polar surface area (TPSA) is 58.6 Å². The summed E-state index contributed by atoms with van der Waals surface area (Å²) in [6.45, 7) is 2.49. The van der Waals surface area contributed by atoms with Gasteiger partial charge in [0.25, 0.3) is 0 Å². The van der Waals surface area contributed by atoms with Gasteiger partial charge in [0.2, 0.25) is 0 Å².